The van der Waals surface area contributed by atoms with Crippen LogP contribution in [0.25, 0.3) is 0 Å². The Bertz CT molecular complexity index is 610. The first kappa shape index (κ1) is 16.3. The van der Waals surface area contributed by atoms with Crippen LogP contribution in [0.5, 0.6) is 0 Å². The lowest BCUT2D eigenvalue weighted by atomic mass is 10.0. The molecule has 2 rings (SSSR count). The Morgan fingerprint density at radius 3 is 2.43 bits per heavy atom. The molecule has 1 unspecified atom stereocenters. The van der Waals surface area contributed by atoms with E-state index in [4.69, 9.17) is 17.3 Å². The maximum Gasteiger partial charge on any atom is 0.140 e. The zero-order valence-electron chi connectivity index (χ0n) is 11.6. The smallest absolute Gasteiger partial charge is 0.140 e. The molecule has 0 saturated heterocycles. The fraction of sp³-hybridized carbons (Fsp3) is 0.250. The summed E-state index contributed by atoms with van der Waals surface area (Å²) in [5, 5.41) is 0.534. The largest absolute Gasteiger partial charge is 0.327 e. The predicted octanol–water partition coefficient (Wildman–Crippen LogP) is 5.05. The first-order chi connectivity index (χ1) is 9.99. The Kier molecular flexibility index (Phi) is 5.62. The second-order valence-corrected chi connectivity index (χ2v) is 6.34. The molecule has 0 aliphatic carbocycles. The average molecular weight is 328 g/mol. The Morgan fingerprint density at radius 1 is 1.19 bits per heavy atom. The lowest BCUT2D eigenvalue weighted by molar-refractivity contribution is 0.533. The van der Waals surface area contributed by atoms with Crippen molar-refractivity contribution in [3.63, 3.8) is 0 Å². The Balaban J connectivity index is 2.25. The van der Waals surface area contributed by atoms with Gasteiger partial charge in [0.25, 0.3) is 0 Å². The molecule has 0 fully saturated rings. The van der Waals surface area contributed by atoms with E-state index in [9.17, 15) is 8.78 Å². The molecule has 0 heterocycles. The van der Waals surface area contributed by atoms with Crippen molar-refractivity contribution < 1.29 is 8.78 Å². The SMILES string of the molecule is CCC(N)Cc1cc(F)c(Sc2cccc(Cl)c2)c(F)c1. The monoisotopic (exact) mass is 327 g/mol. The molecule has 0 amide bonds. The molecule has 0 aromatic heterocycles. The zero-order chi connectivity index (χ0) is 15.4. The fourth-order valence-corrected chi connectivity index (χ4v) is 3.06. The normalized spacial score (nSPS) is 12.4. The van der Waals surface area contributed by atoms with Crippen molar-refractivity contribution in [1.29, 1.82) is 0 Å². The van der Waals surface area contributed by atoms with Gasteiger partial charge in [0, 0.05) is 16.0 Å². The standard InChI is InChI=1S/C16H16ClF2NS/c1-2-12(20)6-10-7-14(18)16(15(19)8-10)21-13-5-3-4-11(17)9-13/h3-5,7-9,12H,2,6,20H2,1H3. The zero-order valence-corrected chi connectivity index (χ0v) is 13.1. The third kappa shape index (κ3) is 4.43. The van der Waals surface area contributed by atoms with Crippen LogP contribution in [0.15, 0.2) is 46.2 Å². The van der Waals surface area contributed by atoms with E-state index in [-0.39, 0.29) is 10.9 Å². The second-order valence-electron chi connectivity index (χ2n) is 4.82. The average Bonchev–Trinajstić information content (AvgIpc) is 2.43. The van der Waals surface area contributed by atoms with Crippen molar-refractivity contribution in [2.45, 2.75) is 35.6 Å². The predicted molar refractivity (Wildman–Crippen MR) is 83.9 cm³/mol. The Hall–Kier alpha value is -1.10. The van der Waals surface area contributed by atoms with Crippen LogP contribution in [0, 0.1) is 11.6 Å². The van der Waals surface area contributed by atoms with Crippen LogP contribution in [0.4, 0.5) is 8.78 Å². The van der Waals surface area contributed by atoms with Gasteiger partial charge in [0.05, 0.1) is 4.90 Å². The van der Waals surface area contributed by atoms with Crippen molar-refractivity contribution in [2.24, 2.45) is 5.73 Å². The topological polar surface area (TPSA) is 26.0 Å². The minimum atomic E-state index is -0.571. The molecule has 0 aliphatic heterocycles. The molecule has 5 heteroatoms. The number of nitrogens with two attached hydrogens (primary N) is 1. The highest BCUT2D eigenvalue weighted by Gasteiger charge is 2.14. The number of hydrogen-bond donors (Lipinski definition) is 1. The fourth-order valence-electron chi connectivity index (χ4n) is 1.92. The lowest BCUT2D eigenvalue weighted by Gasteiger charge is -2.11. The van der Waals surface area contributed by atoms with Crippen LogP contribution in [0.2, 0.25) is 5.02 Å². The molecule has 2 aromatic rings. The molecule has 0 saturated carbocycles. The van der Waals surface area contributed by atoms with Crippen molar-refractivity contribution in [3.8, 4) is 0 Å². The summed E-state index contributed by atoms with van der Waals surface area (Å²) in [6.07, 6.45) is 1.23. The van der Waals surface area contributed by atoms with Gasteiger partial charge < -0.3 is 5.73 Å². The third-order valence-corrected chi connectivity index (χ3v) is 4.42. The van der Waals surface area contributed by atoms with Crippen LogP contribution in [-0.2, 0) is 6.42 Å². The van der Waals surface area contributed by atoms with E-state index in [1.165, 1.54) is 12.1 Å². The first-order valence-electron chi connectivity index (χ1n) is 6.66. The molecular formula is C16H16ClF2NS. The lowest BCUT2D eigenvalue weighted by Crippen LogP contribution is -2.21. The minimum absolute atomic E-state index is 0.0221. The Labute approximate surface area is 132 Å². The van der Waals surface area contributed by atoms with E-state index in [1.807, 2.05) is 6.92 Å². The number of benzene rings is 2. The summed E-state index contributed by atoms with van der Waals surface area (Å²) in [5.41, 5.74) is 6.40. The summed E-state index contributed by atoms with van der Waals surface area (Å²) >= 11 is 6.90. The van der Waals surface area contributed by atoms with Gasteiger partial charge in [-0.25, -0.2) is 8.78 Å². The van der Waals surface area contributed by atoms with Crippen LogP contribution in [0.3, 0.4) is 0 Å². The molecule has 1 atom stereocenters. The maximum atomic E-state index is 14.1. The first-order valence-corrected chi connectivity index (χ1v) is 7.86. The van der Waals surface area contributed by atoms with Crippen molar-refractivity contribution in [3.05, 3.63) is 58.6 Å². The van der Waals surface area contributed by atoms with Gasteiger partial charge in [-0.1, -0.05) is 36.4 Å². The number of hydrogen-bond acceptors (Lipinski definition) is 2. The van der Waals surface area contributed by atoms with Crippen molar-refractivity contribution in [2.75, 3.05) is 0 Å². The maximum absolute atomic E-state index is 14.1. The van der Waals surface area contributed by atoms with Gasteiger partial charge in [0.1, 0.15) is 11.6 Å². The second kappa shape index (κ2) is 7.25. The molecule has 2 aromatic carbocycles. The van der Waals surface area contributed by atoms with E-state index in [2.05, 4.69) is 0 Å². The van der Waals surface area contributed by atoms with E-state index in [0.29, 0.717) is 21.9 Å². The quantitative estimate of drug-likeness (QED) is 0.831. The summed E-state index contributed by atoms with van der Waals surface area (Å²) in [7, 11) is 0. The molecule has 21 heavy (non-hydrogen) atoms. The number of rotatable bonds is 5. The van der Waals surface area contributed by atoms with Crippen LogP contribution in [0.1, 0.15) is 18.9 Å². The van der Waals surface area contributed by atoms with E-state index in [0.717, 1.165) is 18.2 Å². The van der Waals surface area contributed by atoms with Gasteiger partial charge in [0.15, 0.2) is 0 Å². The van der Waals surface area contributed by atoms with Gasteiger partial charge in [-0.2, -0.15) is 0 Å². The molecular weight excluding hydrogens is 312 g/mol. The van der Waals surface area contributed by atoms with E-state index in [1.54, 1.807) is 24.3 Å². The highest BCUT2D eigenvalue weighted by Crippen LogP contribution is 2.34. The molecule has 0 aliphatic rings. The Morgan fingerprint density at radius 2 is 1.86 bits per heavy atom. The molecule has 2 N–H and O–H groups in total. The van der Waals surface area contributed by atoms with Gasteiger partial charge in [-0.15, -0.1) is 0 Å². The minimum Gasteiger partial charge on any atom is -0.327 e. The van der Waals surface area contributed by atoms with Crippen molar-refractivity contribution >= 4 is 23.4 Å². The molecule has 112 valence electrons. The summed E-state index contributed by atoms with van der Waals surface area (Å²) in [6.45, 7) is 1.95. The number of halogens is 3. The van der Waals surface area contributed by atoms with Gasteiger partial charge >= 0.3 is 0 Å². The third-order valence-electron chi connectivity index (χ3n) is 3.10. The summed E-state index contributed by atoms with van der Waals surface area (Å²) in [6, 6.07) is 9.51. The molecule has 1 nitrogen and oxygen atoms in total. The summed E-state index contributed by atoms with van der Waals surface area (Å²) < 4.78 is 28.2. The van der Waals surface area contributed by atoms with E-state index >= 15 is 0 Å². The molecule has 0 bridgehead atoms. The van der Waals surface area contributed by atoms with Crippen LogP contribution < -0.4 is 5.73 Å². The van der Waals surface area contributed by atoms with Crippen LogP contribution >= 0.6 is 23.4 Å². The molecule has 0 radical (unpaired) electrons. The van der Waals surface area contributed by atoms with Gasteiger partial charge in [-0.3, -0.25) is 0 Å². The highest BCUT2D eigenvalue weighted by molar-refractivity contribution is 7.99. The highest BCUT2D eigenvalue weighted by atomic mass is 35.5. The van der Waals surface area contributed by atoms with Crippen LogP contribution in [-0.4, -0.2) is 6.04 Å². The van der Waals surface area contributed by atoms with Gasteiger partial charge in [0.2, 0.25) is 0 Å². The van der Waals surface area contributed by atoms with E-state index < -0.39 is 11.6 Å². The molecule has 0 spiro atoms. The summed E-state index contributed by atoms with van der Waals surface area (Å²) in [5.74, 6) is -1.14. The van der Waals surface area contributed by atoms with Gasteiger partial charge in [-0.05, 0) is 48.7 Å². The van der Waals surface area contributed by atoms with Crippen molar-refractivity contribution in [1.82, 2.24) is 0 Å². The summed E-state index contributed by atoms with van der Waals surface area (Å²) in [4.78, 5) is 0.671.